The minimum Gasteiger partial charge on any atom is -0.348 e. The molecule has 0 bridgehead atoms. The molecular weight excluding hydrogens is 188 g/mol. The van der Waals surface area contributed by atoms with Gasteiger partial charge >= 0.3 is 0 Å². The molecule has 1 aromatic rings. The van der Waals surface area contributed by atoms with Gasteiger partial charge in [-0.1, -0.05) is 29.8 Å². The number of hydrogen-bond acceptors (Lipinski definition) is 2. The maximum absolute atomic E-state index is 11.4. The standard InChI is InChI=1S/C12H18N2O/c1-8-4-6-11(7-5-8)10(3)14-12(15)9(2)13/h4-7,9-10H,13H2,1-3H3,(H,14,15)/t9-,10-/m0/s1. The summed E-state index contributed by atoms with van der Waals surface area (Å²) < 4.78 is 0. The van der Waals surface area contributed by atoms with Crippen molar-refractivity contribution in [3.63, 3.8) is 0 Å². The SMILES string of the molecule is Cc1ccc([C@H](C)NC(=O)[C@H](C)N)cc1. The molecule has 0 aromatic heterocycles. The lowest BCUT2D eigenvalue weighted by atomic mass is 10.1. The van der Waals surface area contributed by atoms with Gasteiger partial charge in [-0.15, -0.1) is 0 Å². The number of carbonyl (C=O) groups is 1. The molecule has 3 nitrogen and oxygen atoms in total. The van der Waals surface area contributed by atoms with Crippen molar-refractivity contribution < 1.29 is 4.79 Å². The summed E-state index contributed by atoms with van der Waals surface area (Å²) in [7, 11) is 0. The van der Waals surface area contributed by atoms with Crippen LogP contribution in [0.25, 0.3) is 0 Å². The monoisotopic (exact) mass is 206 g/mol. The summed E-state index contributed by atoms with van der Waals surface area (Å²) in [6.07, 6.45) is 0. The van der Waals surface area contributed by atoms with Crippen LogP contribution in [-0.4, -0.2) is 11.9 Å². The van der Waals surface area contributed by atoms with E-state index < -0.39 is 6.04 Å². The molecule has 1 aromatic carbocycles. The molecule has 0 aliphatic carbocycles. The molecule has 15 heavy (non-hydrogen) atoms. The molecule has 0 fully saturated rings. The van der Waals surface area contributed by atoms with Crippen molar-refractivity contribution in [2.24, 2.45) is 5.73 Å². The summed E-state index contributed by atoms with van der Waals surface area (Å²) in [6.45, 7) is 5.66. The summed E-state index contributed by atoms with van der Waals surface area (Å²) in [6, 6.07) is 7.64. The first-order valence-corrected chi connectivity index (χ1v) is 5.13. The van der Waals surface area contributed by atoms with Gasteiger partial charge < -0.3 is 11.1 Å². The number of amides is 1. The molecule has 2 atom stereocenters. The van der Waals surface area contributed by atoms with E-state index in [4.69, 9.17) is 5.73 Å². The first-order chi connectivity index (χ1) is 7.00. The van der Waals surface area contributed by atoms with Crippen molar-refractivity contribution in [2.45, 2.75) is 32.9 Å². The number of nitrogens with two attached hydrogens (primary N) is 1. The Bertz CT molecular complexity index is 330. The molecule has 0 heterocycles. The van der Waals surface area contributed by atoms with Gasteiger partial charge in [-0.25, -0.2) is 0 Å². The van der Waals surface area contributed by atoms with Gasteiger partial charge in [0.15, 0.2) is 0 Å². The fraction of sp³-hybridized carbons (Fsp3) is 0.417. The quantitative estimate of drug-likeness (QED) is 0.787. The normalized spacial score (nSPS) is 14.4. The van der Waals surface area contributed by atoms with Gasteiger partial charge in [0.1, 0.15) is 0 Å². The maximum atomic E-state index is 11.4. The smallest absolute Gasteiger partial charge is 0.237 e. The lowest BCUT2D eigenvalue weighted by Crippen LogP contribution is -2.39. The van der Waals surface area contributed by atoms with Gasteiger partial charge in [0.05, 0.1) is 12.1 Å². The second-order valence-corrected chi connectivity index (χ2v) is 3.93. The molecule has 3 N–H and O–H groups in total. The highest BCUT2D eigenvalue weighted by molar-refractivity contribution is 5.81. The number of nitrogens with one attached hydrogen (secondary N) is 1. The van der Waals surface area contributed by atoms with Gasteiger partial charge in [-0.3, -0.25) is 4.79 Å². The molecule has 0 aliphatic rings. The van der Waals surface area contributed by atoms with E-state index in [1.54, 1.807) is 6.92 Å². The van der Waals surface area contributed by atoms with E-state index in [-0.39, 0.29) is 11.9 Å². The van der Waals surface area contributed by atoms with E-state index in [1.165, 1.54) is 5.56 Å². The minimum atomic E-state index is -0.460. The summed E-state index contributed by atoms with van der Waals surface area (Å²) in [5, 5.41) is 2.85. The fourth-order valence-corrected chi connectivity index (χ4v) is 1.28. The van der Waals surface area contributed by atoms with Crippen LogP contribution in [0.4, 0.5) is 0 Å². The molecule has 1 amide bonds. The Kier molecular flexibility index (Phi) is 3.86. The van der Waals surface area contributed by atoms with E-state index in [2.05, 4.69) is 5.32 Å². The van der Waals surface area contributed by atoms with E-state index in [1.807, 2.05) is 38.1 Å². The second kappa shape index (κ2) is 4.94. The van der Waals surface area contributed by atoms with Crippen LogP contribution in [-0.2, 0) is 4.79 Å². The fourth-order valence-electron chi connectivity index (χ4n) is 1.28. The Morgan fingerprint density at radius 1 is 1.27 bits per heavy atom. The molecule has 0 saturated heterocycles. The lowest BCUT2D eigenvalue weighted by molar-refractivity contribution is -0.122. The Labute approximate surface area is 90.7 Å². The number of aryl methyl sites for hydroxylation is 1. The van der Waals surface area contributed by atoms with Crippen LogP contribution in [0.2, 0.25) is 0 Å². The highest BCUT2D eigenvalue weighted by atomic mass is 16.2. The Balaban J connectivity index is 2.65. The lowest BCUT2D eigenvalue weighted by Gasteiger charge is -2.16. The average Bonchev–Trinajstić information content (AvgIpc) is 2.18. The molecule has 0 saturated carbocycles. The van der Waals surface area contributed by atoms with Crippen LogP contribution in [0.15, 0.2) is 24.3 Å². The van der Waals surface area contributed by atoms with E-state index >= 15 is 0 Å². The number of benzene rings is 1. The third kappa shape index (κ3) is 3.36. The van der Waals surface area contributed by atoms with Crippen molar-refractivity contribution in [1.29, 1.82) is 0 Å². The second-order valence-electron chi connectivity index (χ2n) is 3.93. The topological polar surface area (TPSA) is 55.1 Å². The van der Waals surface area contributed by atoms with Crippen molar-refractivity contribution >= 4 is 5.91 Å². The molecule has 0 unspecified atom stereocenters. The van der Waals surface area contributed by atoms with Gasteiger partial charge in [0.2, 0.25) is 5.91 Å². The van der Waals surface area contributed by atoms with Crippen molar-refractivity contribution in [1.82, 2.24) is 5.32 Å². The predicted octanol–water partition coefficient (Wildman–Crippen LogP) is 1.52. The van der Waals surface area contributed by atoms with Crippen LogP contribution >= 0.6 is 0 Å². The third-order valence-corrected chi connectivity index (χ3v) is 2.35. The van der Waals surface area contributed by atoms with Gasteiger partial charge in [0.25, 0.3) is 0 Å². The highest BCUT2D eigenvalue weighted by Gasteiger charge is 2.11. The zero-order chi connectivity index (χ0) is 11.4. The number of hydrogen-bond donors (Lipinski definition) is 2. The van der Waals surface area contributed by atoms with Gasteiger partial charge in [-0.2, -0.15) is 0 Å². The predicted molar refractivity (Wildman–Crippen MR) is 61.4 cm³/mol. The Morgan fingerprint density at radius 2 is 1.80 bits per heavy atom. The van der Waals surface area contributed by atoms with Gasteiger partial charge in [-0.05, 0) is 26.3 Å². The van der Waals surface area contributed by atoms with Crippen molar-refractivity contribution in [3.05, 3.63) is 35.4 Å². The Hall–Kier alpha value is -1.35. The van der Waals surface area contributed by atoms with Gasteiger partial charge in [0, 0.05) is 0 Å². The largest absolute Gasteiger partial charge is 0.348 e. The van der Waals surface area contributed by atoms with Crippen molar-refractivity contribution in [3.8, 4) is 0 Å². The maximum Gasteiger partial charge on any atom is 0.237 e. The first kappa shape index (κ1) is 11.7. The molecule has 0 spiro atoms. The zero-order valence-corrected chi connectivity index (χ0v) is 9.45. The summed E-state index contributed by atoms with van der Waals surface area (Å²) in [4.78, 5) is 11.4. The molecule has 0 aliphatic heterocycles. The van der Waals surface area contributed by atoms with E-state index in [0.29, 0.717) is 0 Å². The van der Waals surface area contributed by atoms with Crippen LogP contribution in [0, 0.1) is 6.92 Å². The van der Waals surface area contributed by atoms with Crippen LogP contribution in [0.5, 0.6) is 0 Å². The number of rotatable bonds is 3. The van der Waals surface area contributed by atoms with Crippen LogP contribution < -0.4 is 11.1 Å². The third-order valence-electron chi connectivity index (χ3n) is 2.35. The van der Waals surface area contributed by atoms with E-state index in [0.717, 1.165) is 5.56 Å². The average molecular weight is 206 g/mol. The highest BCUT2D eigenvalue weighted by Crippen LogP contribution is 2.12. The molecule has 1 rings (SSSR count). The van der Waals surface area contributed by atoms with Crippen LogP contribution in [0.3, 0.4) is 0 Å². The van der Waals surface area contributed by atoms with Crippen molar-refractivity contribution in [2.75, 3.05) is 0 Å². The molecule has 0 radical (unpaired) electrons. The molecule has 82 valence electrons. The Morgan fingerprint density at radius 3 is 2.27 bits per heavy atom. The summed E-state index contributed by atoms with van der Waals surface area (Å²) in [5.41, 5.74) is 7.78. The summed E-state index contributed by atoms with van der Waals surface area (Å²) in [5.74, 6) is -0.122. The number of carbonyl (C=O) groups excluding carboxylic acids is 1. The molecular formula is C12H18N2O. The first-order valence-electron chi connectivity index (χ1n) is 5.13. The van der Waals surface area contributed by atoms with E-state index in [9.17, 15) is 4.79 Å². The minimum absolute atomic E-state index is 0.00380. The zero-order valence-electron chi connectivity index (χ0n) is 9.45. The van der Waals surface area contributed by atoms with Crippen LogP contribution in [0.1, 0.15) is 31.0 Å². The summed E-state index contributed by atoms with van der Waals surface area (Å²) >= 11 is 0. The molecule has 3 heteroatoms.